The summed E-state index contributed by atoms with van der Waals surface area (Å²) >= 11 is 0. The van der Waals surface area contributed by atoms with Crippen molar-refractivity contribution in [3.63, 3.8) is 0 Å². The lowest BCUT2D eigenvalue weighted by molar-refractivity contribution is -0.190. The predicted octanol–water partition coefficient (Wildman–Crippen LogP) is 5.26. The summed E-state index contributed by atoms with van der Waals surface area (Å²) < 4.78 is 69.9. The molecule has 5 nitrogen and oxygen atoms in total. The Hall–Kier alpha value is -3.74. The molecular weight excluding hydrogens is 429 g/mol. The van der Waals surface area contributed by atoms with Gasteiger partial charge in [0, 0.05) is 18.3 Å². The predicted molar refractivity (Wildman–Crippen MR) is 109 cm³/mol. The maximum Gasteiger partial charge on any atom is 0.404 e. The maximum absolute atomic E-state index is 14.8. The first kappa shape index (κ1) is 21.5. The van der Waals surface area contributed by atoms with Gasteiger partial charge in [-0.05, 0) is 44.2 Å². The standard InChI is InChI=1S/C22H16F5N5/c1-21(2,22(25,26)27)8-7-13-9-14(23)11-15(10-13)31(3)19-18-16(24)5-4-6-17(18)32-12-28-30-20(32)29-19/h4-6,9-12H,1-3H3. The molecule has 0 saturated heterocycles. The first-order valence-electron chi connectivity index (χ1n) is 9.40. The van der Waals surface area contributed by atoms with Gasteiger partial charge in [-0.1, -0.05) is 17.9 Å². The highest BCUT2D eigenvalue weighted by molar-refractivity contribution is 5.93. The Balaban J connectivity index is 1.85. The van der Waals surface area contributed by atoms with E-state index in [0.29, 0.717) is 5.52 Å². The van der Waals surface area contributed by atoms with Crippen LogP contribution in [-0.2, 0) is 0 Å². The van der Waals surface area contributed by atoms with Crippen LogP contribution in [0, 0.1) is 28.9 Å². The van der Waals surface area contributed by atoms with Gasteiger partial charge in [0.2, 0.25) is 0 Å². The lowest BCUT2D eigenvalue weighted by Crippen LogP contribution is -2.30. The molecule has 0 atom stereocenters. The van der Waals surface area contributed by atoms with E-state index in [9.17, 15) is 22.0 Å². The molecule has 0 radical (unpaired) electrons. The molecule has 0 aliphatic rings. The Morgan fingerprint density at radius 2 is 1.81 bits per heavy atom. The maximum atomic E-state index is 14.8. The van der Waals surface area contributed by atoms with Crippen molar-refractivity contribution in [2.24, 2.45) is 5.41 Å². The van der Waals surface area contributed by atoms with E-state index in [1.165, 1.54) is 40.9 Å². The molecule has 0 aliphatic carbocycles. The van der Waals surface area contributed by atoms with Crippen molar-refractivity contribution in [1.29, 1.82) is 0 Å². The van der Waals surface area contributed by atoms with Crippen molar-refractivity contribution in [2.45, 2.75) is 20.0 Å². The molecule has 4 aromatic rings. The number of rotatable bonds is 2. The number of fused-ring (bicyclic) bond motifs is 3. The minimum atomic E-state index is -4.54. The van der Waals surface area contributed by atoms with Crippen molar-refractivity contribution in [1.82, 2.24) is 19.6 Å². The van der Waals surface area contributed by atoms with Gasteiger partial charge in [0.1, 0.15) is 29.2 Å². The molecule has 0 amide bonds. The Kier molecular flexibility index (Phi) is 5.00. The van der Waals surface area contributed by atoms with E-state index in [2.05, 4.69) is 27.0 Å². The van der Waals surface area contributed by atoms with Gasteiger partial charge in [0.25, 0.3) is 5.78 Å². The Morgan fingerprint density at radius 3 is 2.53 bits per heavy atom. The summed E-state index contributed by atoms with van der Waals surface area (Å²) in [5, 5.41) is 7.84. The summed E-state index contributed by atoms with van der Waals surface area (Å²) in [5.74, 6) is 3.61. The SMILES string of the molecule is CN(c1cc(F)cc(C#CC(C)(C)C(F)(F)F)c1)c1nc2nncn2c2cccc(F)c12. The molecule has 0 spiro atoms. The second-order valence-electron chi connectivity index (χ2n) is 7.70. The Morgan fingerprint density at radius 1 is 1.06 bits per heavy atom. The highest BCUT2D eigenvalue weighted by Gasteiger charge is 2.46. The van der Waals surface area contributed by atoms with Crippen molar-refractivity contribution in [3.8, 4) is 11.8 Å². The summed E-state index contributed by atoms with van der Waals surface area (Å²) in [4.78, 5) is 5.77. The van der Waals surface area contributed by atoms with Gasteiger partial charge in [-0.25, -0.2) is 8.78 Å². The topological polar surface area (TPSA) is 46.3 Å². The Labute approximate surface area is 179 Å². The minimum Gasteiger partial charge on any atom is -0.329 e. The van der Waals surface area contributed by atoms with Crippen molar-refractivity contribution >= 4 is 28.2 Å². The molecule has 2 aromatic heterocycles. The van der Waals surface area contributed by atoms with Crippen LogP contribution >= 0.6 is 0 Å². The van der Waals surface area contributed by atoms with Crippen LogP contribution in [0.4, 0.5) is 33.5 Å². The highest BCUT2D eigenvalue weighted by atomic mass is 19.4. The van der Waals surface area contributed by atoms with Gasteiger partial charge >= 0.3 is 6.18 Å². The smallest absolute Gasteiger partial charge is 0.329 e. The van der Waals surface area contributed by atoms with Gasteiger partial charge < -0.3 is 4.90 Å². The molecule has 0 aliphatic heterocycles. The normalized spacial score (nSPS) is 12.1. The van der Waals surface area contributed by atoms with Gasteiger partial charge in [-0.2, -0.15) is 18.2 Å². The van der Waals surface area contributed by atoms with Crippen molar-refractivity contribution in [2.75, 3.05) is 11.9 Å². The molecule has 2 heterocycles. The summed E-state index contributed by atoms with van der Waals surface area (Å²) in [5.41, 5.74) is -1.56. The monoisotopic (exact) mass is 445 g/mol. The first-order valence-corrected chi connectivity index (χ1v) is 9.40. The largest absolute Gasteiger partial charge is 0.404 e. The zero-order valence-corrected chi connectivity index (χ0v) is 17.2. The summed E-state index contributed by atoms with van der Waals surface area (Å²) in [6, 6.07) is 8.05. The number of benzene rings is 2. The lowest BCUT2D eigenvalue weighted by Gasteiger charge is -2.22. The zero-order chi connectivity index (χ0) is 23.3. The van der Waals surface area contributed by atoms with Crippen LogP contribution in [0.15, 0.2) is 42.7 Å². The summed E-state index contributed by atoms with van der Waals surface area (Å²) in [6.07, 6.45) is -3.15. The van der Waals surface area contributed by atoms with Crippen LogP contribution in [-0.4, -0.2) is 32.8 Å². The van der Waals surface area contributed by atoms with Crippen LogP contribution in [0.1, 0.15) is 19.4 Å². The third-order valence-corrected chi connectivity index (χ3v) is 5.03. The third-order valence-electron chi connectivity index (χ3n) is 5.03. The minimum absolute atomic E-state index is 0.0394. The van der Waals surface area contributed by atoms with E-state index < -0.39 is 23.2 Å². The van der Waals surface area contributed by atoms with E-state index in [1.54, 1.807) is 6.07 Å². The average molecular weight is 445 g/mol. The summed E-state index contributed by atoms with van der Waals surface area (Å²) in [7, 11) is 1.53. The van der Waals surface area contributed by atoms with Gasteiger partial charge in [-0.15, -0.1) is 10.2 Å². The van der Waals surface area contributed by atoms with E-state index in [4.69, 9.17) is 0 Å². The van der Waals surface area contributed by atoms with Crippen molar-refractivity contribution < 1.29 is 22.0 Å². The first-order chi connectivity index (χ1) is 15.0. The average Bonchev–Trinajstić information content (AvgIpc) is 3.19. The molecule has 4 rings (SSSR count). The van der Waals surface area contributed by atoms with Gasteiger partial charge in [0.05, 0.1) is 10.9 Å². The zero-order valence-electron chi connectivity index (χ0n) is 17.2. The molecule has 32 heavy (non-hydrogen) atoms. The van der Waals surface area contributed by atoms with Crippen molar-refractivity contribution in [3.05, 3.63) is 59.9 Å². The van der Waals surface area contributed by atoms with E-state index >= 15 is 0 Å². The fourth-order valence-electron chi connectivity index (χ4n) is 3.06. The second-order valence-corrected chi connectivity index (χ2v) is 7.70. The number of halogens is 5. The van der Waals surface area contributed by atoms with E-state index in [0.717, 1.165) is 26.0 Å². The number of hydrogen-bond donors (Lipinski definition) is 0. The van der Waals surface area contributed by atoms with E-state index in [-0.39, 0.29) is 28.2 Å². The van der Waals surface area contributed by atoms with Crippen LogP contribution < -0.4 is 4.90 Å². The molecule has 0 saturated carbocycles. The Bertz CT molecular complexity index is 1400. The molecule has 2 aromatic carbocycles. The number of hydrogen-bond acceptors (Lipinski definition) is 4. The third kappa shape index (κ3) is 3.70. The quantitative estimate of drug-likeness (QED) is 0.312. The van der Waals surface area contributed by atoms with Crippen LogP contribution in [0.2, 0.25) is 0 Å². The van der Waals surface area contributed by atoms with E-state index in [1.807, 2.05) is 0 Å². The molecule has 0 fully saturated rings. The van der Waals surface area contributed by atoms with Crippen LogP contribution in [0.25, 0.3) is 16.7 Å². The number of nitrogens with zero attached hydrogens (tertiary/aromatic N) is 5. The number of alkyl halides is 3. The lowest BCUT2D eigenvalue weighted by atomic mass is 9.93. The molecule has 0 bridgehead atoms. The second kappa shape index (κ2) is 7.44. The van der Waals surface area contributed by atoms with Crippen LogP contribution in [0.5, 0.6) is 0 Å². The van der Waals surface area contributed by atoms with Gasteiger partial charge in [0.15, 0.2) is 0 Å². The van der Waals surface area contributed by atoms with Gasteiger partial charge in [-0.3, -0.25) is 4.40 Å². The number of aromatic nitrogens is 4. The number of anilines is 2. The molecular formula is C22H16F5N5. The fourth-order valence-corrected chi connectivity index (χ4v) is 3.06. The summed E-state index contributed by atoms with van der Waals surface area (Å²) in [6.45, 7) is 1.89. The van der Waals surface area contributed by atoms with Crippen LogP contribution in [0.3, 0.4) is 0 Å². The molecule has 0 N–H and O–H groups in total. The molecule has 164 valence electrons. The highest BCUT2D eigenvalue weighted by Crippen LogP contribution is 2.37. The molecule has 10 heteroatoms. The molecule has 0 unspecified atom stereocenters. The fraction of sp³-hybridized carbons (Fsp3) is 0.227.